The molecule has 20 heavy (non-hydrogen) atoms. The van der Waals surface area contributed by atoms with E-state index in [1.54, 1.807) is 12.1 Å². The number of anilines is 1. The summed E-state index contributed by atoms with van der Waals surface area (Å²) in [7, 11) is 0. The Balaban J connectivity index is 1.89. The molecule has 100 valence electrons. The van der Waals surface area contributed by atoms with E-state index in [2.05, 4.69) is 26.2 Å². The van der Waals surface area contributed by atoms with Crippen LogP contribution in [0.15, 0.2) is 53.0 Å². The first-order chi connectivity index (χ1) is 9.63. The highest BCUT2D eigenvalue weighted by Crippen LogP contribution is 2.21. The van der Waals surface area contributed by atoms with Gasteiger partial charge in [-0.05, 0) is 30.3 Å². The average molecular weight is 333 g/mol. The van der Waals surface area contributed by atoms with Crippen LogP contribution in [0.4, 0.5) is 10.1 Å². The lowest BCUT2D eigenvalue weighted by Crippen LogP contribution is -2.13. The highest BCUT2D eigenvalue weighted by Gasteiger charge is 2.12. The van der Waals surface area contributed by atoms with E-state index in [-0.39, 0.29) is 11.6 Å². The van der Waals surface area contributed by atoms with Crippen LogP contribution < -0.4 is 5.32 Å². The Bertz CT molecular complexity index is 764. The van der Waals surface area contributed by atoms with Crippen LogP contribution in [0, 0.1) is 5.82 Å². The zero-order valence-corrected chi connectivity index (χ0v) is 11.9. The summed E-state index contributed by atoms with van der Waals surface area (Å²) in [6.07, 6.45) is 0. The van der Waals surface area contributed by atoms with Gasteiger partial charge >= 0.3 is 0 Å². The van der Waals surface area contributed by atoms with Gasteiger partial charge < -0.3 is 10.3 Å². The number of amides is 1. The first-order valence-electron chi connectivity index (χ1n) is 5.97. The molecule has 2 N–H and O–H groups in total. The van der Waals surface area contributed by atoms with Crippen molar-refractivity contribution in [2.45, 2.75) is 0 Å². The van der Waals surface area contributed by atoms with Crippen molar-refractivity contribution in [3.8, 4) is 0 Å². The maximum Gasteiger partial charge on any atom is 0.272 e. The van der Waals surface area contributed by atoms with E-state index >= 15 is 0 Å². The standard InChI is InChI=1S/C15H10BrFN2O/c16-10-5-6-13(11(17)8-10)19-15(20)14-7-9-3-1-2-4-12(9)18-14/h1-8,18H,(H,19,20). The molecule has 0 saturated carbocycles. The fourth-order valence-corrected chi connectivity index (χ4v) is 2.31. The van der Waals surface area contributed by atoms with Gasteiger partial charge in [0.05, 0.1) is 5.69 Å². The lowest BCUT2D eigenvalue weighted by atomic mass is 10.2. The van der Waals surface area contributed by atoms with Gasteiger partial charge in [-0.2, -0.15) is 0 Å². The van der Waals surface area contributed by atoms with E-state index in [1.807, 2.05) is 24.3 Å². The van der Waals surface area contributed by atoms with Crippen molar-refractivity contribution in [3.63, 3.8) is 0 Å². The lowest BCUT2D eigenvalue weighted by Gasteiger charge is -2.05. The minimum absolute atomic E-state index is 0.150. The first kappa shape index (κ1) is 12.9. The van der Waals surface area contributed by atoms with Crippen LogP contribution in [0.3, 0.4) is 0 Å². The van der Waals surface area contributed by atoms with Crippen LogP contribution in [0.2, 0.25) is 0 Å². The molecule has 3 nitrogen and oxygen atoms in total. The second-order valence-corrected chi connectivity index (χ2v) is 5.26. The van der Waals surface area contributed by atoms with Gasteiger partial charge in [0.15, 0.2) is 0 Å². The van der Waals surface area contributed by atoms with Crippen LogP contribution in [0.25, 0.3) is 10.9 Å². The number of H-pyrrole nitrogens is 1. The molecule has 1 amide bonds. The van der Waals surface area contributed by atoms with Crippen molar-refractivity contribution in [1.82, 2.24) is 4.98 Å². The van der Waals surface area contributed by atoms with Crippen LogP contribution in [0.5, 0.6) is 0 Å². The molecule has 0 spiro atoms. The third-order valence-electron chi connectivity index (χ3n) is 2.95. The second-order valence-electron chi connectivity index (χ2n) is 4.35. The fourth-order valence-electron chi connectivity index (χ4n) is 1.98. The Morgan fingerprint density at radius 2 is 1.95 bits per heavy atom. The number of carbonyl (C=O) groups excluding carboxylic acids is 1. The molecule has 3 rings (SSSR count). The van der Waals surface area contributed by atoms with Gasteiger partial charge in [0.1, 0.15) is 11.5 Å². The monoisotopic (exact) mass is 332 g/mol. The molecule has 0 radical (unpaired) electrons. The van der Waals surface area contributed by atoms with Crippen LogP contribution in [-0.2, 0) is 0 Å². The molecule has 0 aliphatic carbocycles. The first-order valence-corrected chi connectivity index (χ1v) is 6.77. The van der Waals surface area contributed by atoms with Crippen molar-refractivity contribution in [1.29, 1.82) is 0 Å². The number of para-hydroxylation sites is 1. The highest BCUT2D eigenvalue weighted by atomic mass is 79.9. The number of benzene rings is 2. The summed E-state index contributed by atoms with van der Waals surface area (Å²) in [6.45, 7) is 0. The molecular formula is C15H10BrFN2O. The Kier molecular flexibility index (Phi) is 3.28. The molecular weight excluding hydrogens is 323 g/mol. The zero-order chi connectivity index (χ0) is 14.1. The molecule has 0 saturated heterocycles. The summed E-state index contributed by atoms with van der Waals surface area (Å²) in [5, 5.41) is 3.49. The number of rotatable bonds is 2. The number of fused-ring (bicyclic) bond motifs is 1. The van der Waals surface area contributed by atoms with Crippen LogP contribution in [0.1, 0.15) is 10.5 Å². The number of carbonyl (C=O) groups is 1. The quantitative estimate of drug-likeness (QED) is 0.721. The summed E-state index contributed by atoms with van der Waals surface area (Å²) in [5.74, 6) is -0.855. The van der Waals surface area contributed by atoms with Gasteiger partial charge in [0.25, 0.3) is 5.91 Å². The molecule has 0 atom stereocenters. The number of hydrogen-bond donors (Lipinski definition) is 2. The predicted molar refractivity (Wildman–Crippen MR) is 80.4 cm³/mol. The number of aromatic nitrogens is 1. The number of hydrogen-bond acceptors (Lipinski definition) is 1. The minimum Gasteiger partial charge on any atom is -0.351 e. The minimum atomic E-state index is -0.483. The zero-order valence-electron chi connectivity index (χ0n) is 10.3. The predicted octanol–water partition coefficient (Wildman–Crippen LogP) is 4.32. The maximum absolute atomic E-state index is 13.7. The van der Waals surface area contributed by atoms with Gasteiger partial charge in [-0.15, -0.1) is 0 Å². The van der Waals surface area contributed by atoms with Gasteiger partial charge in [-0.3, -0.25) is 4.79 Å². The van der Waals surface area contributed by atoms with Gasteiger partial charge in [0.2, 0.25) is 0 Å². The Hall–Kier alpha value is -2.14. The summed E-state index contributed by atoms with van der Waals surface area (Å²) in [5.41, 5.74) is 1.42. The second kappa shape index (κ2) is 5.09. The number of aromatic amines is 1. The normalized spacial score (nSPS) is 10.7. The SMILES string of the molecule is O=C(Nc1ccc(Br)cc1F)c1cc2ccccc2[nH]1. The van der Waals surface area contributed by atoms with Crippen molar-refractivity contribution in [3.05, 3.63) is 64.5 Å². The van der Waals surface area contributed by atoms with E-state index in [1.165, 1.54) is 12.1 Å². The molecule has 0 fully saturated rings. The summed E-state index contributed by atoms with van der Waals surface area (Å²) >= 11 is 3.17. The average Bonchev–Trinajstić information content (AvgIpc) is 2.86. The molecule has 1 heterocycles. The summed E-state index contributed by atoms with van der Waals surface area (Å²) in [4.78, 5) is 15.1. The smallest absolute Gasteiger partial charge is 0.272 e. The van der Waals surface area contributed by atoms with Gasteiger partial charge in [-0.25, -0.2) is 4.39 Å². The third-order valence-corrected chi connectivity index (χ3v) is 3.45. The molecule has 0 bridgehead atoms. The topological polar surface area (TPSA) is 44.9 Å². The summed E-state index contributed by atoms with van der Waals surface area (Å²) in [6, 6.07) is 13.8. The van der Waals surface area contributed by atoms with Gasteiger partial charge in [0, 0.05) is 15.4 Å². The van der Waals surface area contributed by atoms with E-state index in [4.69, 9.17) is 0 Å². The molecule has 3 aromatic rings. The molecule has 0 unspecified atom stereocenters. The Morgan fingerprint density at radius 3 is 2.70 bits per heavy atom. The lowest BCUT2D eigenvalue weighted by molar-refractivity contribution is 0.102. The largest absolute Gasteiger partial charge is 0.351 e. The third kappa shape index (κ3) is 2.44. The Labute approximate surface area is 122 Å². The Morgan fingerprint density at radius 1 is 1.15 bits per heavy atom. The maximum atomic E-state index is 13.7. The summed E-state index contributed by atoms with van der Waals surface area (Å²) < 4.78 is 14.3. The van der Waals surface area contributed by atoms with E-state index in [9.17, 15) is 9.18 Å². The number of nitrogens with one attached hydrogen (secondary N) is 2. The fraction of sp³-hybridized carbons (Fsp3) is 0. The molecule has 0 aliphatic heterocycles. The number of halogens is 2. The van der Waals surface area contributed by atoms with Crippen molar-refractivity contribution in [2.24, 2.45) is 0 Å². The van der Waals surface area contributed by atoms with Crippen LogP contribution in [-0.4, -0.2) is 10.9 Å². The van der Waals surface area contributed by atoms with E-state index < -0.39 is 5.82 Å². The van der Waals surface area contributed by atoms with Crippen molar-refractivity contribution in [2.75, 3.05) is 5.32 Å². The van der Waals surface area contributed by atoms with Crippen LogP contribution >= 0.6 is 15.9 Å². The van der Waals surface area contributed by atoms with Gasteiger partial charge in [-0.1, -0.05) is 34.1 Å². The molecule has 5 heteroatoms. The van der Waals surface area contributed by atoms with E-state index in [0.29, 0.717) is 10.2 Å². The van der Waals surface area contributed by atoms with Crippen molar-refractivity contribution < 1.29 is 9.18 Å². The molecule has 2 aromatic carbocycles. The van der Waals surface area contributed by atoms with Crippen molar-refractivity contribution >= 4 is 38.4 Å². The van der Waals surface area contributed by atoms with E-state index in [0.717, 1.165) is 10.9 Å². The highest BCUT2D eigenvalue weighted by molar-refractivity contribution is 9.10. The molecule has 0 aliphatic rings. The molecule has 1 aromatic heterocycles.